The molecule has 0 aromatic heterocycles. The fourth-order valence-corrected chi connectivity index (χ4v) is 3.39. The summed E-state index contributed by atoms with van der Waals surface area (Å²) in [5.74, 6) is 0.752. The summed E-state index contributed by atoms with van der Waals surface area (Å²) >= 11 is 0. The van der Waals surface area contributed by atoms with Crippen molar-refractivity contribution >= 4 is 10.0 Å². The quantitative estimate of drug-likeness (QED) is 0.750. The van der Waals surface area contributed by atoms with Crippen molar-refractivity contribution in [3.05, 3.63) is 29.3 Å². The number of nitrogens with one attached hydrogen (secondary N) is 1. The Bertz CT molecular complexity index is 550. The smallest absolute Gasteiger partial charge is 0.240 e. The van der Waals surface area contributed by atoms with Crippen molar-refractivity contribution in [2.24, 2.45) is 5.92 Å². The zero-order chi connectivity index (χ0) is 14.6. The first kappa shape index (κ1) is 15.5. The van der Waals surface area contributed by atoms with E-state index in [4.69, 9.17) is 4.74 Å². The van der Waals surface area contributed by atoms with Gasteiger partial charge in [-0.05, 0) is 50.7 Å². The van der Waals surface area contributed by atoms with Gasteiger partial charge in [-0.15, -0.1) is 0 Å². The second kappa shape index (κ2) is 6.70. The maximum absolute atomic E-state index is 12.2. The highest BCUT2D eigenvalue weighted by atomic mass is 32.2. The van der Waals surface area contributed by atoms with E-state index in [1.54, 1.807) is 6.07 Å². The topological polar surface area (TPSA) is 55.4 Å². The molecule has 0 bridgehead atoms. The zero-order valence-corrected chi connectivity index (χ0v) is 13.0. The van der Waals surface area contributed by atoms with Gasteiger partial charge in [0.05, 0.1) is 4.90 Å². The second-order valence-corrected chi connectivity index (χ2v) is 7.27. The van der Waals surface area contributed by atoms with Gasteiger partial charge in [0, 0.05) is 19.8 Å². The van der Waals surface area contributed by atoms with Crippen LogP contribution in [0.15, 0.2) is 23.1 Å². The molecule has 1 aromatic rings. The van der Waals surface area contributed by atoms with E-state index in [0.29, 0.717) is 24.5 Å². The lowest BCUT2D eigenvalue weighted by molar-refractivity contribution is 0.123. The van der Waals surface area contributed by atoms with Gasteiger partial charge in [0.1, 0.15) is 0 Å². The molecule has 1 aliphatic rings. The van der Waals surface area contributed by atoms with Gasteiger partial charge in [0.15, 0.2) is 0 Å². The number of rotatable bonds is 8. The van der Waals surface area contributed by atoms with Crippen LogP contribution < -0.4 is 4.72 Å². The SMILES string of the molecule is Cc1ccc(S(=O)(=O)NCCCOCC2CC2)c(C)c1. The fraction of sp³-hybridized carbons (Fsp3) is 0.600. The first-order chi connectivity index (χ1) is 9.49. The molecule has 1 fully saturated rings. The van der Waals surface area contributed by atoms with E-state index in [1.165, 1.54) is 12.8 Å². The van der Waals surface area contributed by atoms with Crippen LogP contribution in [0.4, 0.5) is 0 Å². The molecule has 0 aliphatic heterocycles. The van der Waals surface area contributed by atoms with Gasteiger partial charge in [-0.25, -0.2) is 13.1 Å². The van der Waals surface area contributed by atoms with E-state index >= 15 is 0 Å². The Hall–Kier alpha value is -0.910. The van der Waals surface area contributed by atoms with Gasteiger partial charge < -0.3 is 4.74 Å². The third-order valence-corrected chi connectivity index (χ3v) is 5.05. The predicted molar refractivity (Wildman–Crippen MR) is 79.3 cm³/mol. The predicted octanol–water partition coefficient (Wildman–Crippen LogP) is 2.40. The lowest BCUT2D eigenvalue weighted by Gasteiger charge is -2.10. The van der Waals surface area contributed by atoms with E-state index < -0.39 is 10.0 Å². The molecule has 0 amide bonds. The van der Waals surface area contributed by atoms with E-state index in [2.05, 4.69) is 4.72 Å². The first-order valence-corrected chi connectivity index (χ1v) is 8.62. The van der Waals surface area contributed by atoms with Crippen LogP contribution in [-0.2, 0) is 14.8 Å². The Labute approximate surface area is 121 Å². The number of ether oxygens (including phenoxy) is 1. The number of sulfonamides is 1. The van der Waals surface area contributed by atoms with Crippen LogP contribution in [0.25, 0.3) is 0 Å². The Balaban J connectivity index is 1.77. The molecule has 0 unspecified atom stereocenters. The van der Waals surface area contributed by atoms with Crippen LogP contribution in [0.5, 0.6) is 0 Å². The van der Waals surface area contributed by atoms with Gasteiger partial charge in [-0.2, -0.15) is 0 Å². The zero-order valence-electron chi connectivity index (χ0n) is 12.2. The molecule has 0 atom stereocenters. The Morgan fingerprint density at radius 1 is 1.30 bits per heavy atom. The number of aryl methyl sites for hydroxylation is 2. The minimum Gasteiger partial charge on any atom is -0.381 e. The summed E-state index contributed by atoms with van der Waals surface area (Å²) in [6.45, 7) is 5.63. The fourth-order valence-electron chi connectivity index (χ4n) is 2.09. The van der Waals surface area contributed by atoms with E-state index in [0.717, 1.165) is 23.7 Å². The van der Waals surface area contributed by atoms with Crippen LogP contribution in [0.2, 0.25) is 0 Å². The molecule has 5 heteroatoms. The number of hydrogen-bond donors (Lipinski definition) is 1. The van der Waals surface area contributed by atoms with Crippen LogP contribution in [0.3, 0.4) is 0 Å². The molecule has 2 rings (SSSR count). The molecule has 20 heavy (non-hydrogen) atoms. The molecule has 1 aromatic carbocycles. The third-order valence-electron chi connectivity index (χ3n) is 3.43. The van der Waals surface area contributed by atoms with Crippen LogP contribution in [-0.4, -0.2) is 28.2 Å². The van der Waals surface area contributed by atoms with Crippen molar-refractivity contribution in [1.29, 1.82) is 0 Å². The Morgan fingerprint density at radius 3 is 2.70 bits per heavy atom. The molecule has 1 aliphatic carbocycles. The molecule has 1 saturated carbocycles. The third kappa shape index (κ3) is 4.58. The molecule has 0 radical (unpaired) electrons. The van der Waals surface area contributed by atoms with Crippen molar-refractivity contribution in [2.45, 2.75) is 38.0 Å². The number of benzene rings is 1. The highest BCUT2D eigenvalue weighted by molar-refractivity contribution is 7.89. The highest BCUT2D eigenvalue weighted by Gasteiger charge is 2.21. The van der Waals surface area contributed by atoms with Crippen LogP contribution >= 0.6 is 0 Å². The average molecular weight is 297 g/mol. The second-order valence-electron chi connectivity index (χ2n) is 5.54. The Morgan fingerprint density at radius 2 is 2.05 bits per heavy atom. The van der Waals surface area contributed by atoms with Crippen molar-refractivity contribution < 1.29 is 13.2 Å². The van der Waals surface area contributed by atoms with Gasteiger partial charge in [0.25, 0.3) is 0 Å². The van der Waals surface area contributed by atoms with Crippen molar-refractivity contribution in [1.82, 2.24) is 4.72 Å². The van der Waals surface area contributed by atoms with Crippen LogP contribution in [0, 0.1) is 19.8 Å². The summed E-state index contributed by atoms with van der Waals surface area (Å²) in [6.07, 6.45) is 3.26. The minimum atomic E-state index is -3.40. The molecule has 0 heterocycles. The van der Waals surface area contributed by atoms with Gasteiger partial charge in [-0.1, -0.05) is 17.7 Å². The molecule has 0 spiro atoms. The molecule has 112 valence electrons. The monoisotopic (exact) mass is 297 g/mol. The molecular formula is C15H23NO3S. The van der Waals surface area contributed by atoms with E-state index in [-0.39, 0.29) is 0 Å². The van der Waals surface area contributed by atoms with E-state index in [1.807, 2.05) is 26.0 Å². The summed E-state index contributed by atoms with van der Waals surface area (Å²) in [4.78, 5) is 0.363. The van der Waals surface area contributed by atoms with Crippen molar-refractivity contribution in [3.8, 4) is 0 Å². The molecule has 1 N–H and O–H groups in total. The summed E-state index contributed by atoms with van der Waals surface area (Å²) in [5, 5.41) is 0. The van der Waals surface area contributed by atoms with Crippen molar-refractivity contribution in [3.63, 3.8) is 0 Å². The summed E-state index contributed by atoms with van der Waals surface area (Å²) in [6, 6.07) is 5.37. The summed E-state index contributed by atoms with van der Waals surface area (Å²) in [5.41, 5.74) is 1.84. The van der Waals surface area contributed by atoms with Crippen molar-refractivity contribution in [2.75, 3.05) is 19.8 Å². The molecule has 0 saturated heterocycles. The van der Waals surface area contributed by atoms with Crippen LogP contribution in [0.1, 0.15) is 30.4 Å². The Kier molecular flexibility index (Phi) is 5.18. The van der Waals surface area contributed by atoms with Gasteiger partial charge in [-0.3, -0.25) is 0 Å². The average Bonchev–Trinajstić information content (AvgIpc) is 3.17. The van der Waals surface area contributed by atoms with Gasteiger partial charge in [0.2, 0.25) is 10.0 Å². The highest BCUT2D eigenvalue weighted by Crippen LogP contribution is 2.28. The maximum atomic E-state index is 12.2. The first-order valence-electron chi connectivity index (χ1n) is 7.14. The lowest BCUT2D eigenvalue weighted by Crippen LogP contribution is -2.26. The minimum absolute atomic E-state index is 0.363. The lowest BCUT2D eigenvalue weighted by atomic mass is 10.2. The molecular weight excluding hydrogens is 274 g/mol. The summed E-state index contributed by atoms with van der Waals surface area (Å²) < 4.78 is 32.4. The number of hydrogen-bond acceptors (Lipinski definition) is 3. The molecule has 4 nitrogen and oxygen atoms in total. The standard InChI is InChI=1S/C15H23NO3S/c1-12-4-7-15(13(2)10-12)20(17,18)16-8-3-9-19-11-14-5-6-14/h4,7,10,14,16H,3,5-6,8-9,11H2,1-2H3. The summed E-state index contributed by atoms with van der Waals surface area (Å²) in [7, 11) is -3.40. The normalized spacial score (nSPS) is 15.5. The maximum Gasteiger partial charge on any atom is 0.240 e. The van der Waals surface area contributed by atoms with E-state index in [9.17, 15) is 8.42 Å². The van der Waals surface area contributed by atoms with Gasteiger partial charge >= 0.3 is 0 Å². The largest absolute Gasteiger partial charge is 0.381 e.